The van der Waals surface area contributed by atoms with E-state index in [1.54, 1.807) is 17.7 Å². The number of amides is 1. The Morgan fingerprint density at radius 3 is 2.76 bits per heavy atom. The molecule has 1 heterocycles. The van der Waals surface area contributed by atoms with Crippen LogP contribution in [0.5, 0.6) is 0 Å². The van der Waals surface area contributed by atoms with Crippen LogP contribution in [0.4, 0.5) is 0 Å². The van der Waals surface area contributed by atoms with Crippen molar-refractivity contribution in [2.45, 2.75) is 44.6 Å². The van der Waals surface area contributed by atoms with Crippen LogP contribution in [0.1, 0.15) is 44.2 Å². The summed E-state index contributed by atoms with van der Waals surface area (Å²) in [5, 5.41) is 5.00. The standard InChI is InChI=1S/C13H18N2OS/c16-13(8-7-12-9-17-10-14-12)15-11-5-3-1-2-4-6-11/h7-11H,1-6H2,(H,15,16). The molecule has 0 aliphatic heterocycles. The van der Waals surface area contributed by atoms with Crippen molar-refractivity contribution in [1.29, 1.82) is 0 Å². The molecule has 1 amide bonds. The van der Waals surface area contributed by atoms with Crippen molar-refractivity contribution in [3.05, 3.63) is 22.7 Å². The number of nitrogens with one attached hydrogen (secondary N) is 1. The third kappa shape index (κ3) is 4.30. The highest BCUT2D eigenvalue weighted by Gasteiger charge is 2.12. The van der Waals surface area contributed by atoms with Gasteiger partial charge in [0.25, 0.3) is 0 Å². The molecule has 0 saturated heterocycles. The smallest absolute Gasteiger partial charge is 0.244 e. The second kappa shape index (κ2) is 6.55. The van der Waals surface area contributed by atoms with E-state index < -0.39 is 0 Å². The van der Waals surface area contributed by atoms with Gasteiger partial charge >= 0.3 is 0 Å². The largest absolute Gasteiger partial charge is 0.350 e. The van der Waals surface area contributed by atoms with Gasteiger partial charge in [0, 0.05) is 17.5 Å². The lowest BCUT2D eigenvalue weighted by molar-refractivity contribution is -0.117. The molecule has 4 heteroatoms. The first kappa shape index (κ1) is 12.3. The number of nitrogens with zero attached hydrogens (tertiary/aromatic N) is 1. The molecule has 3 nitrogen and oxygen atoms in total. The lowest BCUT2D eigenvalue weighted by Gasteiger charge is -2.14. The highest BCUT2D eigenvalue weighted by molar-refractivity contribution is 7.07. The molecule has 0 radical (unpaired) electrons. The summed E-state index contributed by atoms with van der Waals surface area (Å²) in [4.78, 5) is 15.8. The van der Waals surface area contributed by atoms with Crippen LogP contribution in [0, 0.1) is 0 Å². The highest BCUT2D eigenvalue weighted by Crippen LogP contribution is 2.17. The molecule has 1 N–H and O–H groups in total. The summed E-state index contributed by atoms with van der Waals surface area (Å²) >= 11 is 1.54. The number of hydrogen-bond acceptors (Lipinski definition) is 3. The fourth-order valence-corrected chi connectivity index (χ4v) is 2.66. The van der Waals surface area contributed by atoms with Crippen molar-refractivity contribution in [3.63, 3.8) is 0 Å². The van der Waals surface area contributed by atoms with Crippen molar-refractivity contribution in [2.24, 2.45) is 0 Å². The van der Waals surface area contributed by atoms with E-state index in [-0.39, 0.29) is 5.91 Å². The number of thiazole rings is 1. The van der Waals surface area contributed by atoms with Gasteiger partial charge in [0.15, 0.2) is 0 Å². The van der Waals surface area contributed by atoms with Crippen LogP contribution in [0.2, 0.25) is 0 Å². The van der Waals surface area contributed by atoms with E-state index in [1.807, 2.05) is 5.38 Å². The molecule has 2 rings (SSSR count). The summed E-state index contributed by atoms with van der Waals surface area (Å²) in [6.07, 6.45) is 10.7. The average molecular weight is 250 g/mol. The van der Waals surface area contributed by atoms with Gasteiger partial charge < -0.3 is 5.32 Å². The van der Waals surface area contributed by atoms with Gasteiger partial charge in [0.05, 0.1) is 11.2 Å². The lowest BCUT2D eigenvalue weighted by Crippen LogP contribution is -2.33. The first-order chi connectivity index (χ1) is 8.34. The van der Waals surface area contributed by atoms with E-state index >= 15 is 0 Å². The Morgan fingerprint density at radius 2 is 2.12 bits per heavy atom. The summed E-state index contributed by atoms with van der Waals surface area (Å²) in [5.41, 5.74) is 2.62. The number of rotatable bonds is 3. The molecule has 1 aliphatic carbocycles. The predicted octanol–water partition coefficient (Wildman–Crippen LogP) is 3.00. The molecule has 1 fully saturated rings. The molecule has 0 aromatic carbocycles. The van der Waals surface area contributed by atoms with Gasteiger partial charge in [-0.3, -0.25) is 4.79 Å². The topological polar surface area (TPSA) is 42.0 Å². The first-order valence-corrected chi connectivity index (χ1v) is 7.15. The number of carbonyl (C=O) groups excluding carboxylic acids is 1. The maximum absolute atomic E-state index is 11.7. The Morgan fingerprint density at radius 1 is 1.35 bits per heavy atom. The zero-order valence-electron chi connectivity index (χ0n) is 9.89. The van der Waals surface area contributed by atoms with Crippen molar-refractivity contribution >= 4 is 23.3 Å². The number of aromatic nitrogens is 1. The summed E-state index contributed by atoms with van der Waals surface area (Å²) in [7, 11) is 0. The molecule has 92 valence electrons. The van der Waals surface area contributed by atoms with Crippen LogP contribution in [0.15, 0.2) is 17.0 Å². The van der Waals surface area contributed by atoms with Crippen LogP contribution < -0.4 is 5.32 Å². The van der Waals surface area contributed by atoms with E-state index in [9.17, 15) is 4.79 Å². The summed E-state index contributed by atoms with van der Waals surface area (Å²) in [6, 6.07) is 0.366. The molecule has 0 spiro atoms. The van der Waals surface area contributed by atoms with Crippen LogP contribution >= 0.6 is 11.3 Å². The van der Waals surface area contributed by atoms with Gasteiger partial charge in [-0.25, -0.2) is 4.98 Å². The van der Waals surface area contributed by atoms with Crippen molar-refractivity contribution in [1.82, 2.24) is 10.3 Å². The highest BCUT2D eigenvalue weighted by atomic mass is 32.1. The summed E-state index contributed by atoms with van der Waals surface area (Å²) < 4.78 is 0. The monoisotopic (exact) mass is 250 g/mol. The van der Waals surface area contributed by atoms with Crippen LogP contribution in [-0.2, 0) is 4.79 Å². The van der Waals surface area contributed by atoms with Gasteiger partial charge in [-0.05, 0) is 18.9 Å². The molecular weight excluding hydrogens is 232 g/mol. The van der Waals surface area contributed by atoms with Crippen LogP contribution in [0.3, 0.4) is 0 Å². The molecule has 1 aromatic rings. The average Bonchev–Trinajstić information content (AvgIpc) is 2.72. The van der Waals surface area contributed by atoms with E-state index in [0.717, 1.165) is 18.5 Å². The van der Waals surface area contributed by atoms with Crippen LogP contribution in [0.25, 0.3) is 6.08 Å². The van der Waals surface area contributed by atoms with E-state index in [2.05, 4.69) is 10.3 Å². The minimum absolute atomic E-state index is 0.00454. The maximum Gasteiger partial charge on any atom is 0.244 e. The number of carbonyl (C=O) groups is 1. The van der Waals surface area contributed by atoms with Gasteiger partial charge in [0.2, 0.25) is 5.91 Å². The predicted molar refractivity (Wildman–Crippen MR) is 70.8 cm³/mol. The minimum atomic E-state index is 0.00454. The third-order valence-electron chi connectivity index (χ3n) is 3.06. The van der Waals surface area contributed by atoms with Crippen molar-refractivity contribution < 1.29 is 4.79 Å². The third-order valence-corrected chi connectivity index (χ3v) is 3.66. The molecule has 1 saturated carbocycles. The molecule has 1 aromatic heterocycles. The van der Waals surface area contributed by atoms with Crippen molar-refractivity contribution in [3.8, 4) is 0 Å². The Hall–Kier alpha value is -1.16. The van der Waals surface area contributed by atoms with E-state index in [0.29, 0.717) is 6.04 Å². The molecular formula is C13H18N2OS. The molecule has 0 atom stereocenters. The normalized spacial score (nSPS) is 18.1. The molecule has 17 heavy (non-hydrogen) atoms. The zero-order valence-corrected chi connectivity index (χ0v) is 10.7. The second-order valence-corrected chi connectivity index (χ2v) is 5.16. The SMILES string of the molecule is O=C(C=Cc1cscn1)NC1CCCCCC1. The fourth-order valence-electron chi connectivity index (χ4n) is 2.14. The Bertz CT molecular complexity index is 365. The van der Waals surface area contributed by atoms with Gasteiger partial charge in [0.1, 0.15) is 0 Å². The first-order valence-electron chi connectivity index (χ1n) is 6.21. The molecule has 0 unspecified atom stereocenters. The van der Waals surface area contributed by atoms with E-state index in [4.69, 9.17) is 0 Å². The Balaban J connectivity index is 1.80. The molecule has 1 aliphatic rings. The van der Waals surface area contributed by atoms with Crippen LogP contribution in [-0.4, -0.2) is 16.9 Å². The lowest BCUT2D eigenvalue weighted by atomic mass is 10.1. The maximum atomic E-state index is 11.7. The second-order valence-electron chi connectivity index (χ2n) is 4.44. The van der Waals surface area contributed by atoms with Gasteiger partial charge in [-0.2, -0.15) is 0 Å². The minimum Gasteiger partial charge on any atom is -0.350 e. The number of hydrogen-bond donors (Lipinski definition) is 1. The van der Waals surface area contributed by atoms with Crippen molar-refractivity contribution in [2.75, 3.05) is 0 Å². The summed E-state index contributed by atoms with van der Waals surface area (Å²) in [6.45, 7) is 0. The fraction of sp³-hybridized carbons (Fsp3) is 0.538. The Labute approximate surface area is 106 Å². The Kier molecular flexibility index (Phi) is 4.74. The van der Waals surface area contributed by atoms with Gasteiger partial charge in [-0.1, -0.05) is 25.7 Å². The molecule has 0 bridgehead atoms. The quantitative estimate of drug-likeness (QED) is 0.662. The van der Waals surface area contributed by atoms with E-state index in [1.165, 1.54) is 37.0 Å². The van der Waals surface area contributed by atoms with Gasteiger partial charge in [-0.15, -0.1) is 11.3 Å². The zero-order chi connectivity index (χ0) is 11.9. The summed E-state index contributed by atoms with van der Waals surface area (Å²) in [5.74, 6) is 0.00454.